The van der Waals surface area contributed by atoms with E-state index in [2.05, 4.69) is 5.32 Å². The summed E-state index contributed by atoms with van der Waals surface area (Å²) in [6.45, 7) is 2.96. The Morgan fingerprint density at radius 2 is 1.46 bits per heavy atom. The molecule has 0 radical (unpaired) electrons. The van der Waals surface area contributed by atoms with Crippen molar-refractivity contribution in [3.63, 3.8) is 0 Å². The Labute approximate surface area is 139 Å². The van der Waals surface area contributed by atoms with E-state index in [9.17, 15) is 9.59 Å². The van der Waals surface area contributed by atoms with Crippen LogP contribution in [0.5, 0.6) is 17.2 Å². The Bertz CT molecular complexity index is 647. The first-order valence-electron chi connectivity index (χ1n) is 7.04. The highest BCUT2D eigenvalue weighted by Crippen LogP contribution is 2.40. The topological polar surface area (TPSA) is 92.3 Å². The van der Waals surface area contributed by atoms with Crippen molar-refractivity contribution in [3.05, 3.63) is 23.9 Å². The number of anilines is 1. The monoisotopic (exact) mass is 337 g/mol. The van der Waals surface area contributed by atoms with Crippen LogP contribution in [0.3, 0.4) is 0 Å². The van der Waals surface area contributed by atoms with Crippen molar-refractivity contribution in [3.8, 4) is 17.2 Å². The highest BCUT2D eigenvalue weighted by atomic mass is 16.7. The maximum absolute atomic E-state index is 11.9. The minimum atomic E-state index is -1.28. The van der Waals surface area contributed by atoms with Gasteiger partial charge < -0.3 is 29.0 Å². The third-order valence-electron chi connectivity index (χ3n) is 3.16. The van der Waals surface area contributed by atoms with Gasteiger partial charge in [-0.15, -0.1) is 0 Å². The maximum Gasteiger partial charge on any atom is 0.350 e. The summed E-state index contributed by atoms with van der Waals surface area (Å²) in [5, 5.41) is 2.82. The first kappa shape index (κ1) is 17.5. The minimum absolute atomic E-state index is 0.247. The van der Waals surface area contributed by atoms with Crippen LogP contribution < -0.4 is 19.5 Å². The maximum atomic E-state index is 11.9. The van der Waals surface area contributed by atoms with E-state index in [0.717, 1.165) is 0 Å². The SMILES string of the molecule is COc1cc(NC=C2C(=O)OC(C)(C)OC2=O)cc(OC)c1OC. The van der Waals surface area contributed by atoms with Crippen LogP contribution in [0.2, 0.25) is 0 Å². The molecule has 1 heterocycles. The van der Waals surface area contributed by atoms with Crippen molar-refractivity contribution in [1.82, 2.24) is 0 Å². The number of ether oxygens (including phenoxy) is 5. The van der Waals surface area contributed by atoms with Crippen LogP contribution in [-0.4, -0.2) is 39.1 Å². The smallest absolute Gasteiger partial charge is 0.350 e. The Kier molecular flexibility index (Phi) is 4.87. The Morgan fingerprint density at radius 3 is 1.88 bits per heavy atom. The van der Waals surface area contributed by atoms with Crippen LogP contribution in [0.4, 0.5) is 5.69 Å². The minimum Gasteiger partial charge on any atom is -0.493 e. The normalized spacial score (nSPS) is 16.0. The Balaban J connectivity index is 2.28. The van der Waals surface area contributed by atoms with Crippen molar-refractivity contribution >= 4 is 17.6 Å². The largest absolute Gasteiger partial charge is 0.493 e. The predicted molar refractivity (Wildman–Crippen MR) is 84.1 cm³/mol. The summed E-state index contributed by atoms with van der Waals surface area (Å²) in [7, 11) is 4.46. The molecule has 0 bridgehead atoms. The molecule has 130 valence electrons. The lowest BCUT2D eigenvalue weighted by molar-refractivity contribution is -0.222. The number of rotatable bonds is 5. The summed E-state index contributed by atoms with van der Waals surface area (Å²) in [4.78, 5) is 23.8. The fourth-order valence-electron chi connectivity index (χ4n) is 2.10. The lowest BCUT2D eigenvalue weighted by Gasteiger charge is -2.29. The van der Waals surface area contributed by atoms with Gasteiger partial charge in [-0.25, -0.2) is 9.59 Å². The number of methoxy groups -OCH3 is 3. The summed E-state index contributed by atoms with van der Waals surface area (Å²) in [6, 6.07) is 3.25. The van der Waals surface area contributed by atoms with Gasteiger partial charge in [0.2, 0.25) is 5.75 Å². The average molecular weight is 337 g/mol. The van der Waals surface area contributed by atoms with Crippen molar-refractivity contribution in [2.75, 3.05) is 26.6 Å². The summed E-state index contributed by atoms with van der Waals surface area (Å²) >= 11 is 0. The molecule has 1 aliphatic rings. The number of carbonyl (C=O) groups excluding carboxylic acids is 2. The molecule has 0 saturated carbocycles. The third kappa shape index (κ3) is 3.53. The molecule has 8 nitrogen and oxygen atoms in total. The van der Waals surface area contributed by atoms with Gasteiger partial charge in [0.25, 0.3) is 5.79 Å². The van der Waals surface area contributed by atoms with Gasteiger partial charge in [0.15, 0.2) is 17.1 Å². The first-order chi connectivity index (χ1) is 11.3. The highest BCUT2D eigenvalue weighted by Gasteiger charge is 2.38. The molecule has 2 rings (SSSR count). The molecule has 1 saturated heterocycles. The molecule has 1 aliphatic heterocycles. The van der Waals surface area contributed by atoms with Crippen molar-refractivity contribution in [2.45, 2.75) is 19.6 Å². The zero-order valence-electron chi connectivity index (χ0n) is 14.1. The quantitative estimate of drug-likeness (QED) is 0.494. The van der Waals surface area contributed by atoms with E-state index in [-0.39, 0.29) is 5.57 Å². The van der Waals surface area contributed by atoms with E-state index < -0.39 is 17.7 Å². The van der Waals surface area contributed by atoms with Gasteiger partial charge in [-0.2, -0.15) is 0 Å². The number of esters is 2. The second kappa shape index (κ2) is 6.69. The molecule has 1 N–H and O–H groups in total. The lowest BCUT2D eigenvalue weighted by atomic mass is 10.2. The molecule has 24 heavy (non-hydrogen) atoms. The number of benzene rings is 1. The van der Waals surface area contributed by atoms with E-state index in [1.54, 1.807) is 12.1 Å². The molecule has 0 atom stereocenters. The van der Waals surface area contributed by atoms with Crippen molar-refractivity contribution < 1.29 is 33.3 Å². The standard InChI is InChI=1S/C16H19NO7/c1-16(2)23-14(18)10(15(19)24-16)8-17-9-6-11(20-3)13(22-5)12(7-9)21-4/h6-8,17H,1-5H3. The molecular weight excluding hydrogens is 318 g/mol. The third-order valence-corrected chi connectivity index (χ3v) is 3.16. The summed E-state index contributed by atoms with van der Waals surface area (Å²) in [5.41, 5.74) is 0.269. The van der Waals surface area contributed by atoms with Crippen LogP contribution in [0.25, 0.3) is 0 Å². The predicted octanol–water partition coefficient (Wildman–Crippen LogP) is 1.84. The molecule has 1 aromatic carbocycles. The van der Waals surface area contributed by atoms with E-state index in [0.29, 0.717) is 22.9 Å². The van der Waals surface area contributed by atoms with Crippen LogP contribution in [-0.2, 0) is 19.1 Å². The summed E-state index contributed by atoms with van der Waals surface area (Å²) in [5.74, 6) is -1.54. The number of hydrogen-bond donors (Lipinski definition) is 1. The zero-order valence-corrected chi connectivity index (χ0v) is 14.1. The van der Waals surface area contributed by atoms with Gasteiger partial charge >= 0.3 is 11.9 Å². The highest BCUT2D eigenvalue weighted by molar-refractivity contribution is 6.15. The van der Waals surface area contributed by atoms with E-state index in [1.807, 2.05) is 0 Å². The van der Waals surface area contributed by atoms with Crippen LogP contribution in [0, 0.1) is 0 Å². The molecule has 0 spiro atoms. The molecule has 1 fully saturated rings. The Morgan fingerprint density at radius 1 is 0.958 bits per heavy atom. The van der Waals surface area contributed by atoms with Crippen LogP contribution in [0.1, 0.15) is 13.8 Å². The van der Waals surface area contributed by atoms with Crippen LogP contribution in [0.15, 0.2) is 23.9 Å². The van der Waals surface area contributed by atoms with Crippen molar-refractivity contribution in [1.29, 1.82) is 0 Å². The van der Waals surface area contributed by atoms with Gasteiger partial charge in [0, 0.05) is 37.9 Å². The van der Waals surface area contributed by atoms with Gasteiger partial charge in [-0.05, 0) is 0 Å². The van der Waals surface area contributed by atoms with E-state index in [4.69, 9.17) is 23.7 Å². The van der Waals surface area contributed by atoms with Gasteiger partial charge in [-0.3, -0.25) is 0 Å². The number of nitrogens with one attached hydrogen (secondary N) is 1. The number of cyclic esters (lactones) is 2. The molecular formula is C16H19NO7. The van der Waals surface area contributed by atoms with E-state index in [1.165, 1.54) is 41.4 Å². The van der Waals surface area contributed by atoms with Gasteiger partial charge in [0.1, 0.15) is 0 Å². The molecule has 0 aliphatic carbocycles. The second-order valence-electron chi connectivity index (χ2n) is 5.30. The molecule has 0 unspecified atom stereocenters. The summed E-state index contributed by atoms with van der Waals surface area (Å²) < 4.78 is 25.7. The molecule has 0 amide bonds. The van der Waals surface area contributed by atoms with Crippen molar-refractivity contribution in [2.24, 2.45) is 0 Å². The molecule has 0 aromatic heterocycles. The zero-order chi connectivity index (χ0) is 17.9. The summed E-state index contributed by atoms with van der Waals surface area (Å²) in [6.07, 6.45) is 1.21. The second-order valence-corrected chi connectivity index (χ2v) is 5.30. The van der Waals surface area contributed by atoms with Gasteiger partial charge in [0.05, 0.1) is 21.3 Å². The fraction of sp³-hybridized carbons (Fsp3) is 0.375. The first-order valence-corrected chi connectivity index (χ1v) is 7.04. The van der Waals surface area contributed by atoms with Crippen LogP contribution >= 0.6 is 0 Å². The molecule has 8 heteroatoms. The number of carbonyl (C=O) groups is 2. The average Bonchev–Trinajstić information content (AvgIpc) is 2.51. The Hall–Kier alpha value is -2.90. The molecule has 1 aromatic rings. The fourth-order valence-corrected chi connectivity index (χ4v) is 2.10. The van der Waals surface area contributed by atoms with Gasteiger partial charge in [-0.1, -0.05) is 0 Å². The van der Waals surface area contributed by atoms with E-state index >= 15 is 0 Å². The number of hydrogen-bond acceptors (Lipinski definition) is 8. The lowest BCUT2D eigenvalue weighted by Crippen LogP contribution is -2.42.